The average Bonchev–Trinajstić information content (AvgIpc) is 3.02. The molecule has 142 valence electrons. The molecule has 2 rings (SSSR count). The second-order valence-corrected chi connectivity index (χ2v) is 8.95. The molecule has 1 aromatic heterocycles. The van der Waals surface area contributed by atoms with E-state index in [4.69, 9.17) is 4.52 Å². The van der Waals surface area contributed by atoms with E-state index < -0.39 is 10.0 Å². The number of piperidine rings is 1. The van der Waals surface area contributed by atoms with Crippen molar-refractivity contribution in [1.82, 2.24) is 19.8 Å². The first-order chi connectivity index (χ1) is 11.8. The van der Waals surface area contributed by atoms with Gasteiger partial charge in [0.1, 0.15) is 0 Å². The molecule has 0 radical (unpaired) electrons. The first-order valence-corrected chi connectivity index (χ1v) is 10.6. The molecule has 1 aliphatic rings. The van der Waals surface area contributed by atoms with Crippen molar-refractivity contribution in [3.05, 3.63) is 11.7 Å². The highest BCUT2D eigenvalue weighted by Crippen LogP contribution is 2.18. The number of amides is 1. The molecule has 8 nitrogen and oxygen atoms in total. The average molecular weight is 372 g/mol. The van der Waals surface area contributed by atoms with E-state index in [9.17, 15) is 13.2 Å². The number of sulfonamides is 1. The minimum atomic E-state index is -3.10. The van der Waals surface area contributed by atoms with E-state index in [0.717, 1.165) is 12.8 Å². The van der Waals surface area contributed by atoms with Gasteiger partial charge in [0.2, 0.25) is 21.8 Å². The fourth-order valence-corrected chi connectivity index (χ4v) is 3.67. The maximum absolute atomic E-state index is 11.9. The Balaban J connectivity index is 1.61. The summed E-state index contributed by atoms with van der Waals surface area (Å²) in [5, 5.41) is 6.84. The monoisotopic (exact) mass is 372 g/mol. The number of nitrogens with zero attached hydrogens (tertiary/aromatic N) is 3. The van der Waals surface area contributed by atoms with Crippen molar-refractivity contribution in [3.8, 4) is 0 Å². The van der Waals surface area contributed by atoms with Crippen LogP contribution in [0.3, 0.4) is 0 Å². The highest BCUT2D eigenvalue weighted by atomic mass is 32.2. The second-order valence-electron chi connectivity index (χ2n) is 6.96. The quantitative estimate of drug-likeness (QED) is 0.737. The number of carbonyl (C=O) groups excluding carboxylic acids is 1. The van der Waals surface area contributed by atoms with E-state index >= 15 is 0 Å². The molecule has 0 bridgehead atoms. The molecule has 0 atom stereocenters. The zero-order valence-electron chi connectivity index (χ0n) is 15.2. The molecule has 0 unspecified atom stereocenters. The van der Waals surface area contributed by atoms with Gasteiger partial charge in [0.25, 0.3) is 0 Å². The fourth-order valence-electron chi connectivity index (χ4n) is 2.80. The Labute approximate surface area is 149 Å². The molecule has 0 aliphatic carbocycles. The van der Waals surface area contributed by atoms with Crippen LogP contribution < -0.4 is 5.32 Å². The Hall–Kier alpha value is -1.48. The lowest BCUT2D eigenvalue weighted by Crippen LogP contribution is -2.41. The number of carbonyl (C=O) groups is 1. The van der Waals surface area contributed by atoms with Crippen molar-refractivity contribution < 1.29 is 17.7 Å². The summed E-state index contributed by atoms with van der Waals surface area (Å²) in [6, 6.07) is 0. The summed E-state index contributed by atoms with van der Waals surface area (Å²) in [5.74, 6) is 1.85. The first kappa shape index (κ1) is 19.8. The zero-order chi connectivity index (χ0) is 18.4. The van der Waals surface area contributed by atoms with Crippen LogP contribution in [0.1, 0.15) is 57.2 Å². The minimum Gasteiger partial charge on any atom is -0.356 e. The van der Waals surface area contributed by atoms with Crippen LogP contribution in [0.25, 0.3) is 0 Å². The number of aromatic nitrogens is 2. The van der Waals surface area contributed by atoms with Crippen LogP contribution in [0.4, 0.5) is 0 Å². The van der Waals surface area contributed by atoms with Gasteiger partial charge in [-0.1, -0.05) is 19.0 Å². The van der Waals surface area contributed by atoms with Gasteiger partial charge in [-0.15, -0.1) is 0 Å². The molecule has 1 aromatic rings. The van der Waals surface area contributed by atoms with Crippen LogP contribution in [-0.4, -0.2) is 54.7 Å². The second kappa shape index (κ2) is 8.75. The summed E-state index contributed by atoms with van der Waals surface area (Å²) >= 11 is 0. The number of aryl methyl sites for hydroxylation is 1. The third-order valence-electron chi connectivity index (χ3n) is 4.43. The molecule has 9 heteroatoms. The Morgan fingerprint density at radius 3 is 2.60 bits per heavy atom. The standard InChI is InChI=1S/C16H28N4O4S/c1-12(2)16-18-15(24-19-16)6-4-5-14(21)17-11-13-7-9-20(10-8-13)25(3,22)23/h12-13H,4-11H2,1-3H3,(H,17,21). The summed E-state index contributed by atoms with van der Waals surface area (Å²) in [7, 11) is -3.10. The summed E-state index contributed by atoms with van der Waals surface area (Å²) in [4.78, 5) is 16.2. The topological polar surface area (TPSA) is 105 Å². The summed E-state index contributed by atoms with van der Waals surface area (Å²) in [6.07, 6.45) is 4.49. The zero-order valence-corrected chi connectivity index (χ0v) is 16.0. The van der Waals surface area contributed by atoms with Gasteiger partial charge in [0.15, 0.2) is 5.82 Å². The molecule has 1 N–H and O–H groups in total. The molecule has 0 spiro atoms. The van der Waals surface area contributed by atoms with E-state index in [1.807, 2.05) is 13.8 Å². The van der Waals surface area contributed by atoms with Crippen LogP contribution in [0, 0.1) is 5.92 Å². The number of hydrogen-bond donors (Lipinski definition) is 1. The van der Waals surface area contributed by atoms with Crippen molar-refractivity contribution >= 4 is 15.9 Å². The van der Waals surface area contributed by atoms with E-state index in [0.29, 0.717) is 56.5 Å². The van der Waals surface area contributed by atoms with E-state index in [1.165, 1.54) is 10.6 Å². The van der Waals surface area contributed by atoms with Crippen LogP contribution >= 0.6 is 0 Å². The maximum atomic E-state index is 11.9. The minimum absolute atomic E-state index is 0.00846. The van der Waals surface area contributed by atoms with Gasteiger partial charge in [-0.2, -0.15) is 4.98 Å². The highest BCUT2D eigenvalue weighted by Gasteiger charge is 2.24. The van der Waals surface area contributed by atoms with Crippen LogP contribution in [0.2, 0.25) is 0 Å². The SMILES string of the molecule is CC(C)c1noc(CCCC(=O)NCC2CCN(S(C)(=O)=O)CC2)n1. The van der Waals surface area contributed by atoms with Crippen molar-refractivity contribution in [2.75, 3.05) is 25.9 Å². The highest BCUT2D eigenvalue weighted by molar-refractivity contribution is 7.88. The molecular weight excluding hydrogens is 344 g/mol. The third-order valence-corrected chi connectivity index (χ3v) is 5.73. The predicted molar refractivity (Wildman–Crippen MR) is 93.5 cm³/mol. The van der Waals surface area contributed by atoms with Gasteiger partial charge >= 0.3 is 0 Å². The Morgan fingerprint density at radius 1 is 1.36 bits per heavy atom. The normalized spacial score (nSPS) is 17.1. The van der Waals surface area contributed by atoms with Crippen LogP contribution in [0.5, 0.6) is 0 Å². The lowest BCUT2D eigenvalue weighted by molar-refractivity contribution is -0.121. The molecule has 1 aliphatic heterocycles. The molecule has 1 saturated heterocycles. The molecule has 2 heterocycles. The van der Waals surface area contributed by atoms with E-state index in [1.54, 1.807) is 0 Å². The van der Waals surface area contributed by atoms with E-state index in [2.05, 4.69) is 15.5 Å². The van der Waals surface area contributed by atoms with Crippen molar-refractivity contribution in [2.45, 2.75) is 51.9 Å². The summed E-state index contributed by atoms with van der Waals surface area (Å²) in [6.45, 7) is 5.68. The Morgan fingerprint density at radius 2 is 2.04 bits per heavy atom. The molecule has 0 aromatic carbocycles. The van der Waals surface area contributed by atoms with Crippen LogP contribution in [0.15, 0.2) is 4.52 Å². The molecule has 25 heavy (non-hydrogen) atoms. The number of rotatable bonds is 8. The molecule has 1 amide bonds. The lowest BCUT2D eigenvalue weighted by Gasteiger charge is -2.30. The van der Waals surface area contributed by atoms with Crippen molar-refractivity contribution in [2.24, 2.45) is 5.92 Å². The third kappa shape index (κ3) is 6.39. The lowest BCUT2D eigenvalue weighted by atomic mass is 9.98. The fraction of sp³-hybridized carbons (Fsp3) is 0.812. The summed E-state index contributed by atoms with van der Waals surface area (Å²) in [5.41, 5.74) is 0. The van der Waals surface area contributed by atoms with Crippen molar-refractivity contribution in [1.29, 1.82) is 0 Å². The first-order valence-electron chi connectivity index (χ1n) is 8.80. The van der Waals surface area contributed by atoms with Gasteiger partial charge in [-0.25, -0.2) is 12.7 Å². The molecule has 0 saturated carbocycles. The van der Waals surface area contributed by atoms with E-state index in [-0.39, 0.29) is 11.8 Å². The van der Waals surface area contributed by atoms with Gasteiger partial charge in [0.05, 0.1) is 6.26 Å². The van der Waals surface area contributed by atoms with Gasteiger partial charge < -0.3 is 9.84 Å². The van der Waals surface area contributed by atoms with Gasteiger partial charge in [-0.05, 0) is 25.2 Å². The van der Waals surface area contributed by atoms with Crippen molar-refractivity contribution in [3.63, 3.8) is 0 Å². The van der Waals surface area contributed by atoms with Crippen LogP contribution in [-0.2, 0) is 21.2 Å². The number of hydrogen-bond acceptors (Lipinski definition) is 6. The Bertz CT molecular complexity index is 663. The predicted octanol–water partition coefficient (Wildman–Crippen LogP) is 1.30. The smallest absolute Gasteiger partial charge is 0.226 e. The Kier molecular flexibility index (Phi) is 6.95. The van der Waals surface area contributed by atoms with Gasteiger partial charge in [-0.3, -0.25) is 4.79 Å². The molecular formula is C16H28N4O4S. The molecule has 1 fully saturated rings. The summed E-state index contributed by atoms with van der Waals surface area (Å²) < 4.78 is 29.6. The van der Waals surface area contributed by atoms with Gasteiger partial charge in [0, 0.05) is 38.4 Å². The largest absolute Gasteiger partial charge is 0.356 e. The number of nitrogens with one attached hydrogen (secondary N) is 1. The maximum Gasteiger partial charge on any atom is 0.226 e.